The average molecular weight is 135 g/mol. The third-order valence-corrected chi connectivity index (χ3v) is 1.26. The van der Waals surface area contributed by atoms with Crippen molar-refractivity contribution in [1.29, 1.82) is 0 Å². The van der Waals surface area contributed by atoms with Gasteiger partial charge in [0, 0.05) is 12.8 Å². The summed E-state index contributed by atoms with van der Waals surface area (Å²) >= 11 is 0. The first kappa shape index (κ1) is 6.45. The first-order valence-corrected chi connectivity index (χ1v) is 2.75. The fourth-order valence-corrected chi connectivity index (χ4v) is 0.701. The van der Waals surface area contributed by atoms with E-state index in [1.165, 1.54) is 0 Å². The highest BCUT2D eigenvalue weighted by Gasteiger charge is 2.33. The van der Waals surface area contributed by atoms with Crippen molar-refractivity contribution in [1.82, 2.24) is 5.32 Å². The van der Waals surface area contributed by atoms with Crippen LogP contribution in [0, 0.1) is 0 Å². The predicted octanol–water partition coefficient (Wildman–Crippen LogP) is 0.532. The molecule has 1 aliphatic rings. The number of halogens is 2. The fourth-order valence-electron chi connectivity index (χ4n) is 0.701. The Hall–Kier alpha value is -0.670. The van der Waals surface area contributed by atoms with E-state index in [-0.39, 0.29) is 18.7 Å². The van der Waals surface area contributed by atoms with Crippen LogP contribution in [0.2, 0.25) is 0 Å². The smallest absolute Gasteiger partial charge is 0.265 e. The van der Waals surface area contributed by atoms with Gasteiger partial charge >= 0.3 is 0 Å². The summed E-state index contributed by atoms with van der Waals surface area (Å²) < 4.78 is 24.3. The topological polar surface area (TPSA) is 29.1 Å². The Kier molecular flexibility index (Phi) is 1.38. The van der Waals surface area contributed by atoms with Crippen LogP contribution in [0.15, 0.2) is 0 Å². The van der Waals surface area contributed by atoms with Gasteiger partial charge in [-0.15, -0.1) is 0 Å². The molecular formula is C5H7F2NO. The number of alkyl halides is 2. The monoisotopic (exact) mass is 135 g/mol. The molecule has 1 aliphatic heterocycles. The minimum absolute atomic E-state index is 0.0486. The number of nitrogens with one attached hydrogen (secondary N) is 1. The molecule has 1 saturated heterocycles. The Balaban J connectivity index is 2.44. The molecule has 1 fully saturated rings. The van der Waals surface area contributed by atoms with Crippen LogP contribution < -0.4 is 5.32 Å². The quantitative estimate of drug-likeness (QED) is 0.515. The number of carbonyl (C=O) groups is 1. The van der Waals surface area contributed by atoms with Gasteiger partial charge in [0.2, 0.25) is 5.91 Å². The van der Waals surface area contributed by atoms with Crippen LogP contribution in [-0.4, -0.2) is 18.4 Å². The lowest BCUT2D eigenvalue weighted by atomic mass is 10.1. The van der Waals surface area contributed by atoms with E-state index < -0.39 is 12.5 Å². The third-order valence-electron chi connectivity index (χ3n) is 1.26. The highest BCUT2D eigenvalue weighted by molar-refractivity contribution is 5.76. The van der Waals surface area contributed by atoms with E-state index in [2.05, 4.69) is 5.32 Å². The summed E-state index contributed by atoms with van der Waals surface area (Å²) in [6, 6.07) is 0. The summed E-state index contributed by atoms with van der Waals surface area (Å²) in [5, 5.41) is 2.08. The minimum Gasteiger partial charge on any atom is -0.350 e. The van der Waals surface area contributed by atoms with Gasteiger partial charge in [0.15, 0.2) is 0 Å². The molecule has 1 heterocycles. The van der Waals surface area contributed by atoms with Crippen LogP contribution in [0.1, 0.15) is 12.8 Å². The highest BCUT2D eigenvalue weighted by Crippen LogP contribution is 2.21. The summed E-state index contributed by atoms with van der Waals surface area (Å²) in [7, 11) is 0. The molecule has 0 spiro atoms. The van der Waals surface area contributed by atoms with Crippen molar-refractivity contribution in [3.05, 3.63) is 0 Å². The van der Waals surface area contributed by atoms with E-state index in [0.717, 1.165) is 0 Å². The molecular weight excluding hydrogens is 128 g/mol. The molecule has 0 aliphatic carbocycles. The lowest BCUT2D eigenvalue weighted by molar-refractivity contribution is -0.129. The van der Waals surface area contributed by atoms with Gasteiger partial charge in [-0.3, -0.25) is 4.79 Å². The van der Waals surface area contributed by atoms with Gasteiger partial charge in [-0.05, 0) is 0 Å². The van der Waals surface area contributed by atoms with Crippen LogP contribution in [0.25, 0.3) is 0 Å². The molecule has 0 atom stereocenters. The normalized spacial score (nSPS) is 25.3. The van der Waals surface area contributed by atoms with Crippen LogP contribution in [0.3, 0.4) is 0 Å². The van der Waals surface area contributed by atoms with Gasteiger partial charge in [-0.2, -0.15) is 0 Å². The van der Waals surface area contributed by atoms with E-state index in [1.54, 1.807) is 0 Å². The number of hydrogen-bond donors (Lipinski definition) is 1. The lowest BCUT2D eigenvalue weighted by Crippen LogP contribution is -2.42. The maximum atomic E-state index is 12.2. The standard InChI is InChI=1S/C5H7F2NO/c6-5(7)2-1-4(9)8-3-5/h1-3H2,(H,8,9). The van der Waals surface area contributed by atoms with E-state index >= 15 is 0 Å². The number of rotatable bonds is 0. The molecule has 9 heavy (non-hydrogen) atoms. The molecule has 1 rings (SSSR count). The van der Waals surface area contributed by atoms with Crippen LogP contribution in [0.5, 0.6) is 0 Å². The molecule has 1 N–H and O–H groups in total. The van der Waals surface area contributed by atoms with Crippen molar-refractivity contribution in [2.75, 3.05) is 6.54 Å². The Morgan fingerprint density at radius 3 is 2.56 bits per heavy atom. The second-order valence-electron chi connectivity index (χ2n) is 2.13. The number of amides is 1. The van der Waals surface area contributed by atoms with E-state index in [9.17, 15) is 13.6 Å². The first-order chi connectivity index (χ1) is 4.10. The van der Waals surface area contributed by atoms with Crippen molar-refractivity contribution in [2.24, 2.45) is 0 Å². The summed E-state index contributed by atoms with van der Waals surface area (Å²) in [5.74, 6) is -2.95. The Morgan fingerprint density at radius 2 is 2.22 bits per heavy atom. The molecule has 0 unspecified atom stereocenters. The largest absolute Gasteiger partial charge is 0.350 e. The first-order valence-electron chi connectivity index (χ1n) is 2.75. The Bertz CT molecular complexity index is 123. The molecule has 0 aromatic carbocycles. The number of piperidine rings is 1. The summed E-state index contributed by atoms with van der Waals surface area (Å²) in [4.78, 5) is 10.3. The minimum atomic E-state index is -2.67. The Morgan fingerprint density at radius 1 is 1.56 bits per heavy atom. The molecule has 2 nitrogen and oxygen atoms in total. The second-order valence-corrected chi connectivity index (χ2v) is 2.13. The zero-order chi connectivity index (χ0) is 6.91. The highest BCUT2D eigenvalue weighted by atomic mass is 19.3. The SMILES string of the molecule is O=C1CCC(F)(F)CN1. The van der Waals surface area contributed by atoms with Crippen molar-refractivity contribution in [3.63, 3.8) is 0 Å². The van der Waals surface area contributed by atoms with Gasteiger partial charge in [0.25, 0.3) is 5.92 Å². The van der Waals surface area contributed by atoms with Crippen molar-refractivity contribution in [3.8, 4) is 0 Å². The van der Waals surface area contributed by atoms with Crippen LogP contribution >= 0.6 is 0 Å². The second kappa shape index (κ2) is 1.93. The lowest BCUT2D eigenvalue weighted by Gasteiger charge is -2.21. The summed E-state index contributed by atoms with van der Waals surface area (Å²) in [5.41, 5.74) is 0. The van der Waals surface area contributed by atoms with Crippen molar-refractivity contribution >= 4 is 5.91 Å². The molecule has 0 aromatic rings. The van der Waals surface area contributed by atoms with Crippen LogP contribution in [0.4, 0.5) is 8.78 Å². The number of carbonyl (C=O) groups excluding carboxylic acids is 1. The van der Waals surface area contributed by atoms with Gasteiger partial charge < -0.3 is 5.32 Å². The van der Waals surface area contributed by atoms with Crippen molar-refractivity contribution in [2.45, 2.75) is 18.8 Å². The predicted molar refractivity (Wildman–Crippen MR) is 27.2 cm³/mol. The number of hydrogen-bond acceptors (Lipinski definition) is 1. The fraction of sp³-hybridized carbons (Fsp3) is 0.800. The van der Waals surface area contributed by atoms with Gasteiger partial charge in [-0.1, -0.05) is 0 Å². The summed E-state index contributed by atoms with van der Waals surface area (Å²) in [6.45, 7) is -0.494. The van der Waals surface area contributed by atoms with Crippen LogP contribution in [-0.2, 0) is 4.79 Å². The van der Waals surface area contributed by atoms with E-state index in [1.807, 2.05) is 0 Å². The average Bonchev–Trinajstić information content (AvgIpc) is 1.78. The third kappa shape index (κ3) is 1.62. The zero-order valence-electron chi connectivity index (χ0n) is 4.79. The maximum absolute atomic E-state index is 12.2. The molecule has 0 aromatic heterocycles. The molecule has 4 heteroatoms. The van der Waals surface area contributed by atoms with E-state index in [4.69, 9.17) is 0 Å². The van der Waals surface area contributed by atoms with Gasteiger partial charge in [0.05, 0.1) is 6.54 Å². The molecule has 0 bridgehead atoms. The van der Waals surface area contributed by atoms with E-state index in [0.29, 0.717) is 0 Å². The van der Waals surface area contributed by atoms with Gasteiger partial charge in [-0.25, -0.2) is 8.78 Å². The maximum Gasteiger partial charge on any atom is 0.265 e. The molecule has 1 amide bonds. The van der Waals surface area contributed by atoms with Crippen molar-refractivity contribution < 1.29 is 13.6 Å². The molecule has 52 valence electrons. The Labute approximate surface area is 51.2 Å². The molecule has 0 saturated carbocycles. The molecule has 0 radical (unpaired) electrons. The zero-order valence-corrected chi connectivity index (χ0v) is 4.79. The summed E-state index contributed by atoms with van der Waals surface area (Å²) in [6.07, 6.45) is -0.355. The van der Waals surface area contributed by atoms with Gasteiger partial charge in [0.1, 0.15) is 0 Å².